The van der Waals surface area contributed by atoms with Crippen LogP contribution in [-0.4, -0.2) is 73.9 Å². The second-order valence-corrected chi connectivity index (χ2v) is 8.18. The number of aliphatic imine (C=N–C) groups is 1. The molecule has 1 aromatic rings. The van der Waals surface area contributed by atoms with Gasteiger partial charge in [0, 0.05) is 56.0 Å². The van der Waals surface area contributed by atoms with Gasteiger partial charge in [-0.1, -0.05) is 17.7 Å². The molecule has 164 valence electrons. The molecule has 3 N–H and O–H groups in total. The number of hydrogen-bond donors (Lipinski definition) is 3. The van der Waals surface area contributed by atoms with Crippen molar-refractivity contribution in [2.45, 2.75) is 44.8 Å². The van der Waals surface area contributed by atoms with E-state index in [0.717, 1.165) is 82.5 Å². The van der Waals surface area contributed by atoms with E-state index >= 15 is 0 Å². The molecule has 3 rings (SSSR count). The van der Waals surface area contributed by atoms with Crippen LogP contribution in [-0.2, 0) is 0 Å². The molecular weight excluding hydrogens is 501 g/mol. The average Bonchev–Trinajstić information content (AvgIpc) is 3.15. The van der Waals surface area contributed by atoms with Crippen LogP contribution < -0.4 is 15.5 Å². The molecule has 2 aliphatic rings. The largest absolute Gasteiger partial charge is 0.393 e. The zero-order chi connectivity index (χ0) is 19.8. The summed E-state index contributed by atoms with van der Waals surface area (Å²) in [5, 5.41) is 17.3. The van der Waals surface area contributed by atoms with Crippen molar-refractivity contribution in [2.24, 2.45) is 4.99 Å². The number of hydrogen-bond acceptors (Lipinski definition) is 4. The van der Waals surface area contributed by atoms with Crippen molar-refractivity contribution in [3.8, 4) is 0 Å². The van der Waals surface area contributed by atoms with Crippen molar-refractivity contribution in [1.82, 2.24) is 15.5 Å². The number of aliphatic hydroxyl groups is 1. The van der Waals surface area contributed by atoms with Gasteiger partial charge in [0.05, 0.1) is 6.10 Å². The quantitative estimate of drug-likeness (QED) is 0.217. The van der Waals surface area contributed by atoms with Crippen LogP contribution in [0.3, 0.4) is 0 Å². The SMILES string of the molecule is CCNC(=NCCCN1CCC(O)CC1)NC1CCN(c2cccc(Cl)c2)C1.I. The number of nitrogens with zero attached hydrogens (tertiary/aromatic N) is 3. The van der Waals surface area contributed by atoms with Crippen molar-refractivity contribution in [3.05, 3.63) is 29.3 Å². The van der Waals surface area contributed by atoms with Gasteiger partial charge < -0.3 is 25.5 Å². The van der Waals surface area contributed by atoms with Crippen molar-refractivity contribution in [1.29, 1.82) is 0 Å². The molecule has 0 radical (unpaired) electrons. The third kappa shape index (κ3) is 8.11. The number of halogens is 2. The Kier molecular flexibility index (Phi) is 10.8. The summed E-state index contributed by atoms with van der Waals surface area (Å²) in [6.45, 7) is 8.83. The maximum atomic E-state index is 9.60. The molecular formula is C21H35ClIN5O. The molecule has 0 amide bonds. The summed E-state index contributed by atoms with van der Waals surface area (Å²) < 4.78 is 0. The Morgan fingerprint density at radius 2 is 2.03 bits per heavy atom. The van der Waals surface area contributed by atoms with Crippen LogP contribution in [0.5, 0.6) is 0 Å². The second kappa shape index (κ2) is 12.8. The number of benzene rings is 1. The van der Waals surface area contributed by atoms with Gasteiger partial charge in [0.1, 0.15) is 0 Å². The molecule has 2 saturated heterocycles. The summed E-state index contributed by atoms with van der Waals surface area (Å²) in [7, 11) is 0. The van der Waals surface area contributed by atoms with Crippen LogP contribution >= 0.6 is 35.6 Å². The van der Waals surface area contributed by atoms with E-state index in [-0.39, 0.29) is 30.1 Å². The number of piperidine rings is 1. The predicted octanol–water partition coefficient (Wildman–Crippen LogP) is 2.94. The van der Waals surface area contributed by atoms with Gasteiger partial charge >= 0.3 is 0 Å². The van der Waals surface area contributed by atoms with Crippen LogP contribution in [0.15, 0.2) is 29.3 Å². The Morgan fingerprint density at radius 3 is 2.76 bits per heavy atom. The molecule has 1 atom stereocenters. The molecule has 1 aromatic carbocycles. The summed E-state index contributed by atoms with van der Waals surface area (Å²) >= 11 is 6.13. The van der Waals surface area contributed by atoms with Crippen LogP contribution in [0.1, 0.15) is 32.6 Å². The van der Waals surface area contributed by atoms with Crippen molar-refractivity contribution in [3.63, 3.8) is 0 Å². The Balaban J connectivity index is 0.00000300. The maximum Gasteiger partial charge on any atom is 0.191 e. The molecule has 0 saturated carbocycles. The molecule has 0 aliphatic carbocycles. The zero-order valence-corrected chi connectivity index (χ0v) is 20.4. The number of likely N-dealkylation sites (tertiary alicyclic amines) is 1. The molecule has 0 spiro atoms. The van der Waals surface area contributed by atoms with Gasteiger partial charge in [-0.25, -0.2) is 0 Å². The van der Waals surface area contributed by atoms with Gasteiger partial charge in [-0.2, -0.15) is 0 Å². The summed E-state index contributed by atoms with van der Waals surface area (Å²) in [5.41, 5.74) is 1.19. The molecule has 0 bridgehead atoms. The van der Waals surface area contributed by atoms with Gasteiger partial charge in [-0.05, 0) is 57.4 Å². The summed E-state index contributed by atoms with van der Waals surface area (Å²) in [6, 6.07) is 8.46. The molecule has 2 aliphatic heterocycles. The van der Waals surface area contributed by atoms with E-state index in [4.69, 9.17) is 16.6 Å². The minimum atomic E-state index is -0.100. The smallest absolute Gasteiger partial charge is 0.191 e. The topological polar surface area (TPSA) is 63.1 Å². The summed E-state index contributed by atoms with van der Waals surface area (Å²) in [5.74, 6) is 0.912. The van der Waals surface area contributed by atoms with E-state index in [9.17, 15) is 5.11 Å². The lowest BCUT2D eigenvalue weighted by molar-refractivity contribution is 0.0824. The lowest BCUT2D eigenvalue weighted by atomic mass is 10.1. The zero-order valence-electron chi connectivity index (χ0n) is 17.3. The maximum absolute atomic E-state index is 9.60. The van der Waals surface area contributed by atoms with E-state index in [2.05, 4.69) is 33.4 Å². The lowest BCUT2D eigenvalue weighted by Gasteiger charge is -2.29. The van der Waals surface area contributed by atoms with Gasteiger partial charge in [-0.3, -0.25) is 4.99 Å². The highest BCUT2D eigenvalue weighted by Crippen LogP contribution is 2.23. The minimum Gasteiger partial charge on any atom is -0.393 e. The molecule has 0 aromatic heterocycles. The molecule has 1 unspecified atom stereocenters. The second-order valence-electron chi connectivity index (χ2n) is 7.74. The fraction of sp³-hybridized carbons (Fsp3) is 0.667. The Morgan fingerprint density at radius 1 is 1.24 bits per heavy atom. The van der Waals surface area contributed by atoms with Crippen LogP contribution in [0.2, 0.25) is 5.02 Å². The van der Waals surface area contributed by atoms with Crippen molar-refractivity contribution in [2.75, 3.05) is 50.7 Å². The van der Waals surface area contributed by atoms with Crippen molar-refractivity contribution < 1.29 is 5.11 Å². The first kappa shape index (κ1) is 24.5. The normalized spacial score (nSPS) is 21.1. The van der Waals surface area contributed by atoms with Gasteiger partial charge in [0.15, 0.2) is 5.96 Å². The first-order valence-electron chi connectivity index (χ1n) is 10.6. The van der Waals surface area contributed by atoms with Gasteiger partial charge in [0.25, 0.3) is 0 Å². The van der Waals surface area contributed by atoms with Crippen molar-refractivity contribution >= 4 is 47.2 Å². The molecule has 6 nitrogen and oxygen atoms in total. The molecule has 29 heavy (non-hydrogen) atoms. The van der Waals surface area contributed by atoms with Crippen LogP contribution in [0.4, 0.5) is 5.69 Å². The third-order valence-electron chi connectivity index (χ3n) is 5.51. The van der Waals surface area contributed by atoms with Gasteiger partial charge in [-0.15, -0.1) is 24.0 Å². The number of aliphatic hydroxyl groups excluding tert-OH is 1. The highest BCUT2D eigenvalue weighted by Gasteiger charge is 2.23. The van der Waals surface area contributed by atoms with E-state index in [0.29, 0.717) is 6.04 Å². The Bertz CT molecular complexity index is 639. The van der Waals surface area contributed by atoms with Gasteiger partial charge in [0.2, 0.25) is 0 Å². The Labute approximate surface area is 197 Å². The summed E-state index contributed by atoms with van der Waals surface area (Å²) in [4.78, 5) is 9.57. The van der Waals surface area contributed by atoms with E-state index in [1.807, 2.05) is 18.2 Å². The number of nitrogens with one attached hydrogen (secondary N) is 2. The van der Waals surface area contributed by atoms with E-state index < -0.39 is 0 Å². The lowest BCUT2D eigenvalue weighted by Crippen LogP contribution is -2.44. The van der Waals surface area contributed by atoms with Crippen LogP contribution in [0, 0.1) is 0 Å². The van der Waals surface area contributed by atoms with E-state index in [1.54, 1.807) is 0 Å². The number of guanidine groups is 1. The van der Waals surface area contributed by atoms with E-state index in [1.165, 1.54) is 5.69 Å². The molecule has 8 heteroatoms. The number of anilines is 1. The molecule has 2 heterocycles. The standard InChI is InChI=1S/C21H34ClN5O.HI/c1-2-23-21(24-10-4-11-26-12-8-20(28)9-13-26)25-18-7-14-27(16-18)19-6-3-5-17(22)15-19;/h3,5-6,15,18,20,28H,2,4,7-14,16H2,1H3,(H2,23,24,25);1H. The first-order chi connectivity index (χ1) is 13.6. The third-order valence-corrected chi connectivity index (χ3v) is 5.74. The predicted molar refractivity (Wildman–Crippen MR) is 133 cm³/mol. The average molecular weight is 536 g/mol. The number of rotatable bonds is 7. The summed E-state index contributed by atoms with van der Waals surface area (Å²) in [6.07, 6.45) is 3.84. The monoisotopic (exact) mass is 535 g/mol. The van der Waals surface area contributed by atoms with Crippen LogP contribution in [0.25, 0.3) is 0 Å². The fourth-order valence-electron chi connectivity index (χ4n) is 3.93. The minimum absolute atomic E-state index is 0. The Hall–Kier alpha value is -0.770. The highest BCUT2D eigenvalue weighted by atomic mass is 127. The highest BCUT2D eigenvalue weighted by molar-refractivity contribution is 14.0. The fourth-order valence-corrected chi connectivity index (χ4v) is 4.11. The first-order valence-corrected chi connectivity index (χ1v) is 11.0. The molecule has 2 fully saturated rings.